The number of amides is 2. The maximum atomic E-state index is 12.5. The topological polar surface area (TPSA) is 154 Å². The van der Waals surface area contributed by atoms with Crippen LogP contribution in [-0.2, 0) is 30.8 Å². The molecule has 2 rings (SSSR count). The summed E-state index contributed by atoms with van der Waals surface area (Å²) in [4.78, 5) is 35.4. The van der Waals surface area contributed by atoms with Gasteiger partial charge in [-0.25, -0.2) is 8.42 Å². The SMILES string of the molecule is CCc1ccc(S(=O)(=O)N[C@@H](CNC(=O)CCNC(=O)CCC2CCNCC2)C(=O)O)cc1. The summed E-state index contributed by atoms with van der Waals surface area (Å²) < 4.78 is 27.1. The number of carbonyl (C=O) groups excluding carboxylic acids is 2. The Balaban J connectivity index is 1.72. The first-order valence-corrected chi connectivity index (χ1v) is 12.8. The highest BCUT2D eigenvalue weighted by Gasteiger charge is 2.26. The Bertz CT molecular complexity index is 898. The zero-order valence-electron chi connectivity index (χ0n) is 18.9. The maximum absolute atomic E-state index is 12.5. The molecule has 1 aromatic rings. The molecule has 11 heteroatoms. The van der Waals surface area contributed by atoms with Gasteiger partial charge >= 0.3 is 5.97 Å². The second-order valence-corrected chi connectivity index (χ2v) is 9.86. The Morgan fingerprint density at radius 1 is 1.06 bits per heavy atom. The number of carboxylic acids is 1. The first kappa shape index (κ1) is 26.7. The molecule has 184 valence electrons. The Morgan fingerprint density at radius 2 is 1.70 bits per heavy atom. The van der Waals surface area contributed by atoms with Gasteiger partial charge in [0.05, 0.1) is 4.90 Å². The highest BCUT2D eigenvalue weighted by molar-refractivity contribution is 7.89. The van der Waals surface area contributed by atoms with Crippen LogP contribution in [0.5, 0.6) is 0 Å². The van der Waals surface area contributed by atoms with Gasteiger partial charge in [-0.1, -0.05) is 19.1 Å². The molecule has 1 aliphatic heterocycles. The summed E-state index contributed by atoms with van der Waals surface area (Å²) in [7, 11) is -4.06. The lowest BCUT2D eigenvalue weighted by Gasteiger charge is -2.22. The summed E-state index contributed by atoms with van der Waals surface area (Å²) in [5, 5.41) is 17.7. The Hall–Kier alpha value is -2.50. The van der Waals surface area contributed by atoms with Crippen LogP contribution in [-0.4, -0.2) is 63.5 Å². The van der Waals surface area contributed by atoms with Crippen LogP contribution in [0.1, 0.15) is 44.6 Å². The summed E-state index contributed by atoms with van der Waals surface area (Å²) in [6, 6.07) is 4.61. The van der Waals surface area contributed by atoms with Crippen molar-refractivity contribution in [2.45, 2.75) is 56.4 Å². The number of aryl methyl sites for hydroxylation is 1. The van der Waals surface area contributed by atoms with Gasteiger partial charge in [0.25, 0.3) is 0 Å². The van der Waals surface area contributed by atoms with Gasteiger partial charge < -0.3 is 21.1 Å². The second kappa shape index (κ2) is 13.3. The molecule has 0 unspecified atom stereocenters. The van der Waals surface area contributed by atoms with E-state index in [1.807, 2.05) is 6.92 Å². The molecule has 2 amide bonds. The van der Waals surface area contributed by atoms with Crippen molar-refractivity contribution in [1.29, 1.82) is 0 Å². The van der Waals surface area contributed by atoms with E-state index in [9.17, 15) is 27.9 Å². The van der Waals surface area contributed by atoms with E-state index in [4.69, 9.17) is 0 Å². The number of piperidine rings is 1. The van der Waals surface area contributed by atoms with Gasteiger partial charge in [-0.3, -0.25) is 14.4 Å². The van der Waals surface area contributed by atoms with Crippen molar-refractivity contribution in [1.82, 2.24) is 20.7 Å². The summed E-state index contributed by atoms with van der Waals surface area (Å²) in [5.41, 5.74) is 0.953. The average Bonchev–Trinajstić information content (AvgIpc) is 2.81. The number of benzene rings is 1. The molecular weight excluding hydrogens is 448 g/mol. The zero-order valence-corrected chi connectivity index (χ0v) is 19.7. The van der Waals surface area contributed by atoms with Gasteiger partial charge in [-0.2, -0.15) is 4.72 Å². The first-order valence-electron chi connectivity index (χ1n) is 11.3. The van der Waals surface area contributed by atoms with Crippen LogP contribution in [0.2, 0.25) is 0 Å². The molecule has 1 fully saturated rings. The molecule has 1 saturated heterocycles. The molecule has 5 N–H and O–H groups in total. The van der Waals surface area contributed by atoms with Crippen LogP contribution >= 0.6 is 0 Å². The number of carbonyl (C=O) groups is 3. The van der Waals surface area contributed by atoms with Crippen molar-refractivity contribution in [2.75, 3.05) is 26.2 Å². The zero-order chi connectivity index (χ0) is 24.3. The van der Waals surface area contributed by atoms with Crippen molar-refractivity contribution < 1.29 is 27.9 Å². The van der Waals surface area contributed by atoms with Crippen LogP contribution in [0.25, 0.3) is 0 Å². The molecule has 1 heterocycles. The third-order valence-corrected chi connectivity index (χ3v) is 7.14. The van der Waals surface area contributed by atoms with Crippen molar-refractivity contribution in [3.8, 4) is 0 Å². The standard InChI is InChI=1S/C22H34N4O6S/c1-2-16-3-6-18(7-4-16)33(31,32)26-19(22(29)30)15-25-21(28)11-14-24-20(27)8-5-17-9-12-23-13-10-17/h3-4,6-7,17,19,23,26H,2,5,8-15H2,1H3,(H,24,27)(H,25,28)(H,29,30)/t19-/m0/s1. The third-order valence-electron chi connectivity index (χ3n) is 5.65. The first-order chi connectivity index (χ1) is 15.7. The normalized spacial score (nSPS) is 15.5. The molecule has 0 bridgehead atoms. The fourth-order valence-corrected chi connectivity index (χ4v) is 4.74. The number of hydrogen-bond acceptors (Lipinski definition) is 6. The molecule has 1 atom stereocenters. The van der Waals surface area contributed by atoms with E-state index in [0.29, 0.717) is 12.3 Å². The van der Waals surface area contributed by atoms with Crippen molar-refractivity contribution in [3.05, 3.63) is 29.8 Å². The van der Waals surface area contributed by atoms with Crippen LogP contribution < -0.4 is 20.7 Å². The van der Waals surface area contributed by atoms with Gasteiger partial charge in [0.15, 0.2) is 0 Å². The van der Waals surface area contributed by atoms with Gasteiger partial charge in [0.2, 0.25) is 21.8 Å². The van der Waals surface area contributed by atoms with Crippen molar-refractivity contribution >= 4 is 27.8 Å². The van der Waals surface area contributed by atoms with Crippen LogP contribution in [0, 0.1) is 5.92 Å². The van der Waals surface area contributed by atoms with Gasteiger partial charge in [-0.15, -0.1) is 0 Å². The molecule has 1 aromatic carbocycles. The average molecular weight is 483 g/mol. The van der Waals surface area contributed by atoms with E-state index >= 15 is 0 Å². The molecule has 0 aromatic heterocycles. The third kappa shape index (κ3) is 9.48. The van der Waals surface area contributed by atoms with E-state index < -0.39 is 34.5 Å². The number of nitrogens with one attached hydrogen (secondary N) is 4. The summed E-state index contributed by atoms with van der Waals surface area (Å²) in [5.74, 6) is -1.46. The number of aliphatic carboxylic acids is 1. The van der Waals surface area contributed by atoms with Gasteiger partial charge in [-0.05, 0) is 62.4 Å². The summed E-state index contributed by atoms with van der Waals surface area (Å²) in [6.45, 7) is 3.61. The Labute approximate surface area is 195 Å². The number of carboxylic acid groups (broad SMARTS) is 1. The van der Waals surface area contributed by atoms with Crippen molar-refractivity contribution in [2.24, 2.45) is 5.92 Å². The number of sulfonamides is 1. The van der Waals surface area contributed by atoms with Gasteiger partial charge in [0, 0.05) is 25.9 Å². The maximum Gasteiger partial charge on any atom is 0.323 e. The molecule has 0 aliphatic carbocycles. The highest BCUT2D eigenvalue weighted by atomic mass is 32.2. The van der Waals surface area contributed by atoms with Crippen LogP contribution in [0.3, 0.4) is 0 Å². The quantitative estimate of drug-likeness (QED) is 0.272. The molecular formula is C22H34N4O6S. The fraction of sp³-hybridized carbons (Fsp3) is 0.591. The molecule has 0 radical (unpaired) electrons. The Morgan fingerprint density at radius 3 is 2.30 bits per heavy atom. The summed E-state index contributed by atoms with van der Waals surface area (Å²) in [6.07, 6.45) is 4.07. The lowest BCUT2D eigenvalue weighted by molar-refractivity contribution is -0.138. The van der Waals surface area contributed by atoms with E-state index in [1.54, 1.807) is 12.1 Å². The predicted octanol–water partition coefficient (Wildman–Crippen LogP) is 0.383. The monoisotopic (exact) mass is 482 g/mol. The molecule has 1 aliphatic rings. The predicted molar refractivity (Wildman–Crippen MR) is 123 cm³/mol. The molecule has 10 nitrogen and oxygen atoms in total. The van der Waals surface area contributed by atoms with Crippen LogP contribution in [0.4, 0.5) is 0 Å². The largest absolute Gasteiger partial charge is 0.480 e. The second-order valence-electron chi connectivity index (χ2n) is 8.15. The highest BCUT2D eigenvalue weighted by Crippen LogP contribution is 2.17. The van der Waals surface area contributed by atoms with E-state index in [-0.39, 0.29) is 23.8 Å². The van der Waals surface area contributed by atoms with E-state index in [1.165, 1.54) is 12.1 Å². The van der Waals surface area contributed by atoms with Crippen LogP contribution in [0.15, 0.2) is 29.2 Å². The minimum Gasteiger partial charge on any atom is -0.480 e. The van der Waals surface area contributed by atoms with E-state index in [0.717, 1.165) is 44.3 Å². The molecule has 33 heavy (non-hydrogen) atoms. The lowest BCUT2D eigenvalue weighted by Crippen LogP contribution is -2.48. The Kier molecular flexibility index (Phi) is 10.8. The molecule has 0 saturated carbocycles. The number of rotatable bonds is 13. The number of hydrogen-bond donors (Lipinski definition) is 5. The van der Waals surface area contributed by atoms with E-state index in [2.05, 4.69) is 20.7 Å². The minimum absolute atomic E-state index is 0.0311. The lowest BCUT2D eigenvalue weighted by atomic mass is 9.93. The molecule has 0 spiro atoms. The summed E-state index contributed by atoms with van der Waals surface area (Å²) >= 11 is 0. The smallest absolute Gasteiger partial charge is 0.323 e. The minimum atomic E-state index is -4.06. The van der Waals surface area contributed by atoms with Crippen molar-refractivity contribution in [3.63, 3.8) is 0 Å². The fourth-order valence-electron chi connectivity index (χ4n) is 3.55. The van der Waals surface area contributed by atoms with Gasteiger partial charge in [0.1, 0.15) is 6.04 Å².